The molecule has 6 nitrogen and oxygen atoms in total. The molecule has 4 bridgehead atoms. The standard InChI is InChI=1S/C27H36O6Si/c1-24(2,3)34(6,7)33-21(18-10-13-32-16-18)20-19(22(28)30-4)9-11-25-14-17-8-12-26(25,23(29)31-5)27(20,25)15-17/h8,10,12-13,16-17,21H,9,11,14-15H2,1-7H3/t17-,21?,25-,26-,27+/m0/s1. The van der Waals surface area contributed by atoms with Crippen molar-refractivity contribution in [1.29, 1.82) is 0 Å². The number of esters is 2. The van der Waals surface area contributed by atoms with Gasteiger partial charge in [-0.25, -0.2) is 4.79 Å². The molecular formula is C27H36O6Si. The smallest absolute Gasteiger partial charge is 0.333 e. The lowest BCUT2D eigenvalue weighted by atomic mass is 9.71. The third-order valence-corrected chi connectivity index (χ3v) is 14.3. The van der Waals surface area contributed by atoms with Crippen LogP contribution in [-0.4, -0.2) is 34.5 Å². The van der Waals surface area contributed by atoms with Crippen LogP contribution in [-0.2, 0) is 23.5 Å². The molecule has 5 aliphatic carbocycles. The minimum atomic E-state index is -2.29. The van der Waals surface area contributed by atoms with Gasteiger partial charge < -0.3 is 18.3 Å². The van der Waals surface area contributed by atoms with E-state index in [1.807, 2.05) is 6.07 Å². The fraction of sp³-hybridized carbons (Fsp3) is 0.630. The Kier molecular flexibility index (Phi) is 5.00. The van der Waals surface area contributed by atoms with Gasteiger partial charge in [0.05, 0.1) is 32.8 Å². The average Bonchev–Trinajstić information content (AvgIpc) is 3.15. The van der Waals surface area contributed by atoms with Crippen molar-refractivity contribution in [3.63, 3.8) is 0 Å². The molecule has 1 aromatic rings. The zero-order valence-electron chi connectivity index (χ0n) is 21.3. The predicted octanol–water partition coefficient (Wildman–Crippen LogP) is 5.73. The fourth-order valence-corrected chi connectivity index (χ4v) is 8.65. The van der Waals surface area contributed by atoms with Gasteiger partial charge in [0.2, 0.25) is 0 Å². The van der Waals surface area contributed by atoms with E-state index in [9.17, 15) is 9.59 Å². The Bertz CT molecular complexity index is 1090. The molecule has 2 saturated carbocycles. The molecule has 0 N–H and O–H groups in total. The number of hydrogen-bond donors (Lipinski definition) is 0. The van der Waals surface area contributed by atoms with Crippen molar-refractivity contribution < 1.29 is 27.9 Å². The molecular weight excluding hydrogens is 448 g/mol. The summed E-state index contributed by atoms with van der Waals surface area (Å²) in [5, 5.41) is -0.0391. The zero-order chi connectivity index (χ0) is 24.7. The third-order valence-electron chi connectivity index (χ3n) is 9.83. The molecule has 7 heteroatoms. The SMILES string of the molecule is COC(=O)C1=C(C(O[Si](C)(C)C(C)(C)C)c2ccoc2)[C@@]23C[C@H]4C=C[C@]2(C(=O)OC)[C@]3(CC1)C4. The average molecular weight is 485 g/mol. The predicted molar refractivity (Wildman–Crippen MR) is 129 cm³/mol. The number of methoxy groups -OCH3 is 2. The molecule has 0 saturated heterocycles. The number of carbonyl (C=O) groups is 2. The maximum atomic E-state index is 13.5. The van der Waals surface area contributed by atoms with Gasteiger partial charge in [-0.2, -0.15) is 0 Å². The van der Waals surface area contributed by atoms with E-state index in [4.69, 9.17) is 18.3 Å². The number of hydrogen-bond acceptors (Lipinski definition) is 6. The van der Waals surface area contributed by atoms with E-state index in [2.05, 4.69) is 46.0 Å². The van der Waals surface area contributed by atoms with Gasteiger partial charge in [-0.15, -0.1) is 0 Å². The van der Waals surface area contributed by atoms with Crippen molar-refractivity contribution >= 4 is 20.3 Å². The summed E-state index contributed by atoms with van der Waals surface area (Å²) < 4.78 is 23.3. The van der Waals surface area contributed by atoms with Crippen molar-refractivity contribution in [3.05, 3.63) is 47.5 Å². The highest BCUT2D eigenvalue weighted by molar-refractivity contribution is 6.74. The molecule has 0 radical (unpaired) electrons. The van der Waals surface area contributed by atoms with Gasteiger partial charge in [0.15, 0.2) is 8.32 Å². The molecule has 1 unspecified atom stereocenters. The van der Waals surface area contributed by atoms with E-state index < -0.39 is 25.3 Å². The zero-order valence-corrected chi connectivity index (χ0v) is 22.3. The van der Waals surface area contributed by atoms with Crippen LogP contribution >= 0.6 is 0 Å². The van der Waals surface area contributed by atoms with Gasteiger partial charge in [-0.3, -0.25) is 4.79 Å². The summed E-state index contributed by atoms with van der Waals surface area (Å²) in [4.78, 5) is 26.7. The van der Waals surface area contributed by atoms with E-state index in [0.29, 0.717) is 17.9 Å². The molecule has 5 atom stereocenters. The Hall–Kier alpha value is -2.12. The van der Waals surface area contributed by atoms with Crippen LogP contribution in [0.25, 0.3) is 0 Å². The van der Waals surface area contributed by atoms with Gasteiger partial charge in [-0.05, 0) is 61.4 Å². The largest absolute Gasteiger partial charge is 0.472 e. The molecule has 1 aromatic heterocycles. The molecule has 1 heterocycles. The third kappa shape index (κ3) is 2.60. The molecule has 34 heavy (non-hydrogen) atoms. The fourth-order valence-electron chi connectivity index (χ4n) is 7.45. The number of allylic oxidation sites excluding steroid dienone is 1. The Balaban J connectivity index is 1.76. The number of carbonyl (C=O) groups excluding carboxylic acids is 2. The molecule has 0 aliphatic heterocycles. The monoisotopic (exact) mass is 484 g/mol. The first-order valence-corrected chi connectivity index (χ1v) is 15.1. The molecule has 2 fully saturated rings. The van der Waals surface area contributed by atoms with E-state index in [0.717, 1.165) is 30.4 Å². The van der Waals surface area contributed by atoms with E-state index in [-0.39, 0.29) is 22.4 Å². The van der Waals surface area contributed by atoms with Gasteiger partial charge in [0.1, 0.15) is 5.41 Å². The summed E-state index contributed by atoms with van der Waals surface area (Å²) in [5.41, 5.74) is 0.966. The van der Waals surface area contributed by atoms with Crippen LogP contribution in [0.15, 0.2) is 46.3 Å². The lowest BCUT2D eigenvalue weighted by Crippen LogP contribution is -2.43. The van der Waals surface area contributed by atoms with Gasteiger partial charge >= 0.3 is 11.9 Å². The Morgan fingerprint density at radius 1 is 1.18 bits per heavy atom. The van der Waals surface area contributed by atoms with Crippen LogP contribution in [0, 0.1) is 22.2 Å². The second-order valence-corrected chi connectivity index (χ2v) is 16.8. The number of furan rings is 1. The molecule has 6 rings (SSSR count). The van der Waals surface area contributed by atoms with E-state index in [1.165, 1.54) is 14.2 Å². The maximum Gasteiger partial charge on any atom is 0.333 e. The highest BCUT2D eigenvalue weighted by Crippen LogP contribution is 2.95. The summed E-state index contributed by atoms with van der Waals surface area (Å²) in [6.45, 7) is 11.1. The highest BCUT2D eigenvalue weighted by Gasteiger charge is 2.94. The Morgan fingerprint density at radius 3 is 2.50 bits per heavy atom. The van der Waals surface area contributed by atoms with Crippen LogP contribution in [0.1, 0.15) is 58.1 Å². The molecule has 2 spiro atoms. The van der Waals surface area contributed by atoms with Crippen molar-refractivity contribution in [1.82, 2.24) is 0 Å². The second-order valence-electron chi connectivity index (χ2n) is 12.0. The van der Waals surface area contributed by atoms with Crippen LogP contribution in [0.2, 0.25) is 18.1 Å². The van der Waals surface area contributed by atoms with E-state index >= 15 is 0 Å². The number of rotatable bonds is 6. The summed E-state index contributed by atoms with van der Waals surface area (Å²) in [6.07, 6.45) is 10.3. The molecule has 184 valence electrons. The Labute approximate surface area is 202 Å². The van der Waals surface area contributed by atoms with Crippen molar-refractivity contribution in [2.24, 2.45) is 22.2 Å². The topological polar surface area (TPSA) is 75.0 Å². The van der Waals surface area contributed by atoms with Crippen LogP contribution < -0.4 is 0 Å². The highest BCUT2D eigenvalue weighted by atomic mass is 28.4. The lowest BCUT2D eigenvalue weighted by Gasteiger charge is -2.43. The quantitative estimate of drug-likeness (QED) is 0.292. The summed E-state index contributed by atoms with van der Waals surface area (Å²) in [6, 6.07) is 1.92. The molecule has 5 aliphatic rings. The molecule has 0 aromatic carbocycles. The van der Waals surface area contributed by atoms with Gasteiger partial charge in [0, 0.05) is 22.0 Å². The first-order chi connectivity index (χ1) is 15.9. The van der Waals surface area contributed by atoms with Crippen LogP contribution in [0.4, 0.5) is 0 Å². The first kappa shape index (κ1) is 23.6. The normalized spacial score (nSPS) is 34.5. The second kappa shape index (κ2) is 7.20. The van der Waals surface area contributed by atoms with E-state index in [1.54, 1.807) is 12.5 Å². The van der Waals surface area contributed by atoms with Crippen molar-refractivity contribution in [2.45, 2.75) is 70.7 Å². The van der Waals surface area contributed by atoms with Gasteiger partial charge in [-0.1, -0.05) is 32.9 Å². The minimum Gasteiger partial charge on any atom is -0.472 e. The first-order valence-electron chi connectivity index (χ1n) is 12.2. The molecule has 0 amide bonds. The van der Waals surface area contributed by atoms with Crippen molar-refractivity contribution in [3.8, 4) is 0 Å². The maximum absolute atomic E-state index is 13.5. The van der Waals surface area contributed by atoms with Crippen LogP contribution in [0.5, 0.6) is 0 Å². The minimum absolute atomic E-state index is 0.0391. The number of ether oxygens (including phenoxy) is 2. The summed E-state index contributed by atoms with van der Waals surface area (Å²) in [5.74, 6) is -0.149. The Morgan fingerprint density at radius 2 is 1.91 bits per heavy atom. The van der Waals surface area contributed by atoms with Crippen LogP contribution in [0.3, 0.4) is 0 Å². The van der Waals surface area contributed by atoms with Gasteiger partial charge in [0.25, 0.3) is 0 Å². The summed E-state index contributed by atoms with van der Waals surface area (Å²) in [7, 11) is 0.609. The summed E-state index contributed by atoms with van der Waals surface area (Å²) >= 11 is 0. The van der Waals surface area contributed by atoms with Crippen molar-refractivity contribution in [2.75, 3.05) is 14.2 Å². The lowest BCUT2D eigenvalue weighted by molar-refractivity contribution is -0.148.